The van der Waals surface area contributed by atoms with Crippen LogP contribution in [0.1, 0.15) is 19.3 Å². The molecule has 0 atom stereocenters. The first-order chi connectivity index (χ1) is 4.24. The summed E-state index contributed by atoms with van der Waals surface area (Å²) < 4.78 is 0. The maximum Gasteiger partial charge on any atom is 0.0691 e. The van der Waals surface area contributed by atoms with Crippen molar-refractivity contribution < 1.29 is 0 Å². The Bertz CT molecular complexity index is 196. The van der Waals surface area contributed by atoms with Crippen molar-refractivity contribution in [2.24, 2.45) is 5.41 Å². The van der Waals surface area contributed by atoms with Crippen molar-refractivity contribution in [3.63, 3.8) is 0 Å². The number of nitriles is 1. The molecule has 9 heavy (non-hydrogen) atoms. The van der Waals surface area contributed by atoms with E-state index in [-0.39, 0.29) is 10.6 Å². The lowest BCUT2D eigenvalue weighted by Crippen LogP contribution is -2.62. The Morgan fingerprint density at radius 1 is 1.44 bits per heavy atom. The number of nitrogens with zero attached hydrogens (tertiary/aromatic N) is 1. The SMILES string of the molecule is N#CC12CC(P=N)(C1)C2. The van der Waals surface area contributed by atoms with Crippen molar-refractivity contribution in [2.45, 2.75) is 24.4 Å². The van der Waals surface area contributed by atoms with E-state index in [0.717, 1.165) is 27.6 Å². The van der Waals surface area contributed by atoms with Gasteiger partial charge in [0.25, 0.3) is 0 Å². The van der Waals surface area contributed by atoms with E-state index in [1.165, 1.54) is 0 Å². The third kappa shape index (κ3) is 0.426. The van der Waals surface area contributed by atoms with Gasteiger partial charge in [-0.15, -0.1) is 0 Å². The summed E-state index contributed by atoms with van der Waals surface area (Å²) in [6.07, 6.45) is 3.00. The van der Waals surface area contributed by atoms with Gasteiger partial charge in [0.1, 0.15) is 0 Å². The molecule has 3 aliphatic rings. The molecule has 1 N–H and O–H groups in total. The molecule has 0 heterocycles. The minimum absolute atomic E-state index is 0.0497. The molecule has 0 aromatic heterocycles. The number of rotatable bonds is 1. The van der Waals surface area contributed by atoms with Gasteiger partial charge in [0.05, 0.1) is 11.5 Å². The van der Waals surface area contributed by atoms with Crippen LogP contribution in [0, 0.1) is 21.9 Å². The first-order valence-corrected chi connectivity index (χ1v) is 3.94. The maximum atomic E-state index is 8.58. The molecule has 3 rings (SSSR count). The monoisotopic (exact) mass is 138 g/mol. The summed E-state index contributed by atoms with van der Waals surface area (Å²) in [7, 11) is 0.756. The van der Waals surface area contributed by atoms with Crippen LogP contribution in [0.5, 0.6) is 0 Å². The van der Waals surface area contributed by atoms with Crippen molar-refractivity contribution in [1.82, 2.24) is 0 Å². The molecule has 2 nitrogen and oxygen atoms in total. The highest BCUT2D eigenvalue weighted by atomic mass is 31.1. The highest BCUT2D eigenvalue weighted by molar-refractivity contribution is 7.27. The molecule has 0 radical (unpaired) electrons. The van der Waals surface area contributed by atoms with Gasteiger partial charge in [0.2, 0.25) is 0 Å². The summed E-state index contributed by atoms with van der Waals surface area (Å²) in [5.74, 6) is 0. The first kappa shape index (κ1) is 5.38. The lowest BCUT2D eigenvalue weighted by Gasteiger charge is -2.64. The second kappa shape index (κ2) is 1.20. The standard InChI is InChI=1S/C6H7N2P/c7-4-5-1-6(2-5,3-5)9-8/h8H,1-3H2. The second-order valence-corrected chi connectivity index (χ2v) is 4.43. The van der Waals surface area contributed by atoms with E-state index in [0.29, 0.717) is 0 Å². The molecule has 46 valence electrons. The van der Waals surface area contributed by atoms with E-state index >= 15 is 0 Å². The van der Waals surface area contributed by atoms with Crippen molar-refractivity contribution >= 4 is 8.37 Å². The fraction of sp³-hybridized carbons (Fsp3) is 0.833. The maximum absolute atomic E-state index is 8.58. The number of hydrogen-bond donors (Lipinski definition) is 1. The summed E-state index contributed by atoms with van der Waals surface area (Å²) in [6, 6.07) is 2.32. The Hall–Kier alpha value is -0.410. The first-order valence-electron chi connectivity index (χ1n) is 3.04. The average Bonchev–Trinajstić information content (AvgIpc) is 1.62. The Morgan fingerprint density at radius 3 is 2.33 bits per heavy atom. The molecule has 3 fully saturated rings. The van der Waals surface area contributed by atoms with Gasteiger partial charge in [-0.3, -0.25) is 5.16 Å². The molecule has 0 amide bonds. The molecular formula is C6H7N2P. The highest BCUT2D eigenvalue weighted by Gasteiger charge is 2.68. The number of nitrogens with one attached hydrogen (secondary N) is 1. The molecular weight excluding hydrogens is 131 g/mol. The van der Waals surface area contributed by atoms with Crippen LogP contribution >= 0.6 is 8.37 Å². The van der Waals surface area contributed by atoms with Crippen LogP contribution in [-0.2, 0) is 0 Å². The molecule has 3 heteroatoms. The predicted octanol–water partition coefficient (Wildman–Crippen LogP) is 2.14. The van der Waals surface area contributed by atoms with Gasteiger partial charge >= 0.3 is 0 Å². The molecule has 2 bridgehead atoms. The lowest BCUT2D eigenvalue weighted by molar-refractivity contribution is -0.0202. The Kier molecular flexibility index (Phi) is 0.716. The third-order valence-electron chi connectivity index (χ3n) is 2.48. The van der Waals surface area contributed by atoms with E-state index in [9.17, 15) is 0 Å². The van der Waals surface area contributed by atoms with E-state index in [4.69, 9.17) is 10.4 Å². The van der Waals surface area contributed by atoms with Crippen molar-refractivity contribution in [2.75, 3.05) is 0 Å². The molecule has 3 saturated carbocycles. The topological polar surface area (TPSA) is 47.6 Å². The highest BCUT2D eigenvalue weighted by Crippen LogP contribution is 2.72. The molecule has 0 aromatic carbocycles. The Balaban J connectivity index is 2.14. The van der Waals surface area contributed by atoms with E-state index in [1.54, 1.807) is 0 Å². The lowest BCUT2D eigenvalue weighted by atomic mass is 9.44. The zero-order valence-corrected chi connectivity index (χ0v) is 5.91. The van der Waals surface area contributed by atoms with Crippen LogP contribution in [0.3, 0.4) is 0 Å². The smallest absolute Gasteiger partial charge is 0.0691 e. The largest absolute Gasteiger partial charge is 0.283 e. The zero-order valence-electron chi connectivity index (χ0n) is 5.02. The second-order valence-electron chi connectivity index (χ2n) is 3.26. The molecule has 0 aliphatic heterocycles. The van der Waals surface area contributed by atoms with Crippen molar-refractivity contribution in [3.05, 3.63) is 0 Å². The van der Waals surface area contributed by atoms with E-state index < -0.39 is 0 Å². The van der Waals surface area contributed by atoms with Crippen molar-refractivity contribution in [1.29, 1.82) is 10.4 Å². The van der Waals surface area contributed by atoms with Crippen LogP contribution in [0.15, 0.2) is 0 Å². The normalized spacial score (nSPS) is 53.2. The van der Waals surface area contributed by atoms with Gasteiger partial charge in [0, 0.05) is 13.5 Å². The van der Waals surface area contributed by atoms with Crippen LogP contribution in [0.4, 0.5) is 0 Å². The molecule has 0 unspecified atom stereocenters. The van der Waals surface area contributed by atoms with E-state index in [1.807, 2.05) is 0 Å². The summed E-state index contributed by atoms with van der Waals surface area (Å²) in [5.41, 5.74) is 0.0497. The van der Waals surface area contributed by atoms with Crippen LogP contribution in [0.2, 0.25) is 0 Å². The number of hydrogen-bond acceptors (Lipinski definition) is 2. The fourth-order valence-corrected chi connectivity index (χ4v) is 3.12. The molecule has 0 saturated heterocycles. The van der Waals surface area contributed by atoms with Crippen LogP contribution in [0.25, 0.3) is 0 Å². The van der Waals surface area contributed by atoms with Crippen LogP contribution in [-0.4, -0.2) is 5.16 Å². The van der Waals surface area contributed by atoms with Gasteiger partial charge in [-0.25, -0.2) is 0 Å². The third-order valence-corrected chi connectivity index (χ3v) is 3.43. The molecule has 0 spiro atoms. The van der Waals surface area contributed by atoms with Crippen molar-refractivity contribution in [3.8, 4) is 6.07 Å². The van der Waals surface area contributed by atoms with Gasteiger partial charge in [-0.2, -0.15) is 5.26 Å². The minimum Gasteiger partial charge on any atom is -0.283 e. The molecule has 0 aromatic rings. The van der Waals surface area contributed by atoms with Gasteiger partial charge in [0.15, 0.2) is 0 Å². The molecule has 3 aliphatic carbocycles. The Labute approximate surface area is 55.6 Å². The predicted molar refractivity (Wildman–Crippen MR) is 34.3 cm³/mol. The zero-order chi connectivity index (χ0) is 6.54. The summed E-state index contributed by atoms with van der Waals surface area (Å²) in [6.45, 7) is 0. The van der Waals surface area contributed by atoms with E-state index in [2.05, 4.69) is 6.07 Å². The fourth-order valence-electron chi connectivity index (χ4n) is 1.97. The van der Waals surface area contributed by atoms with Gasteiger partial charge in [-0.1, -0.05) is 0 Å². The average molecular weight is 138 g/mol. The van der Waals surface area contributed by atoms with Gasteiger partial charge < -0.3 is 0 Å². The summed E-state index contributed by atoms with van der Waals surface area (Å²) in [5, 5.41) is 16.0. The quantitative estimate of drug-likeness (QED) is 0.554. The summed E-state index contributed by atoms with van der Waals surface area (Å²) in [4.78, 5) is 0. The minimum atomic E-state index is 0.0497. The Morgan fingerprint density at radius 2 is 2.00 bits per heavy atom. The summed E-state index contributed by atoms with van der Waals surface area (Å²) >= 11 is 0. The van der Waals surface area contributed by atoms with Gasteiger partial charge in [-0.05, 0) is 19.3 Å². The van der Waals surface area contributed by atoms with Crippen LogP contribution < -0.4 is 0 Å².